The van der Waals surface area contributed by atoms with Crippen molar-refractivity contribution in [1.29, 1.82) is 0 Å². The molecule has 3 amide bonds. The van der Waals surface area contributed by atoms with Gasteiger partial charge in [-0.1, -0.05) is 42.3 Å². The maximum absolute atomic E-state index is 14.0. The second-order valence-electron chi connectivity index (χ2n) is 13.5. The van der Waals surface area contributed by atoms with Crippen LogP contribution in [-0.2, 0) is 39.8 Å². The fourth-order valence-corrected chi connectivity index (χ4v) is 7.03. The number of carbonyl (C=O) groups excluding carboxylic acids is 4. The number of epoxide rings is 1. The molecule has 0 radical (unpaired) electrons. The van der Waals surface area contributed by atoms with Gasteiger partial charge in [-0.15, -0.1) is 0 Å². The van der Waals surface area contributed by atoms with Gasteiger partial charge in [0.05, 0.1) is 25.3 Å². The highest BCUT2D eigenvalue weighted by Gasteiger charge is 2.64. The van der Waals surface area contributed by atoms with Crippen molar-refractivity contribution in [3.63, 3.8) is 0 Å². The third-order valence-corrected chi connectivity index (χ3v) is 10.5. The molecule has 2 fully saturated rings. The lowest BCUT2D eigenvalue weighted by atomic mass is 9.75. The molecule has 0 aromatic heterocycles. The van der Waals surface area contributed by atoms with Crippen LogP contribution in [-0.4, -0.2) is 97.7 Å². The number of nitrogens with one attached hydrogen (secondary N) is 1. The first-order valence-electron chi connectivity index (χ1n) is 16.1. The standard InChI is InChI=1S/C35H48ClN3O9/c1-19-11-10-12-27(46-9)35(44)18-24(16-29(41)37-35)20(2)32-34(5,48-32)28(47-33(43)21(3)38(6)22(4)40)17-30(42)39(7)25-14-23(13-19)15-26(45-8)31(25)36/h10-12,14-15,20-21,24,27-28,32,44H,13,16-18H2,1-9H3,(H,37,41)/b12-10+,19-11+/t20?,21-,24?,27?,28?,32?,34?,35?/m0/s1. The second kappa shape index (κ2) is 14.6. The Morgan fingerprint density at radius 3 is 2.54 bits per heavy atom. The number of aliphatic hydroxyl groups is 1. The molecule has 8 atom stereocenters. The Balaban J connectivity index is 1.80. The Hall–Kier alpha value is -3.45. The van der Waals surface area contributed by atoms with Gasteiger partial charge in [-0.2, -0.15) is 0 Å². The molecule has 7 unspecified atom stereocenters. The number of nitrogens with zero attached hydrogens (tertiary/aromatic N) is 2. The highest BCUT2D eigenvalue weighted by atomic mass is 35.5. The van der Waals surface area contributed by atoms with Crippen LogP contribution in [0.1, 0.15) is 59.4 Å². The van der Waals surface area contributed by atoms with Gasteiger partial charge in [-0.05, 0) is 56.7 Å². The van der Waals surface area contributed by atoms with Gasteiger partial charge in [0.25, 0.3) is 0 Å². The number of hydrogen-bond donors (Lipinski definition) is 2. The Kier molecular flexibility index (Phi) is 11.3. The van der Waals surface area contributed by atoms with Gasteiger partial charge < -0.3 is 39.2 Å². The van der Waals surface area contributed by atoms with E-state index < -0.39 is 47.6 Å². The largest absolute Gasteiger partial charge is 0.495 e. The first-order valence-corrected chi connectivity index (χ1v) is 16.5. The fraction of sp³-hybridized carbons (Fsp3) is 0.600. The van der Waals surface area contributed by atoms with E-state index in [0.29, 0.717) is 17.9 Å². The zero-order valence-corrected chi connectivity index (χ0v) is 29.9. The van der Waals surface area contributed by atoms with Crippen LogP contribution in [0.2, 0.25) is 5.02 Å². The zero-order valence-electron chi connectivity index (χ0n) is 29.2. The van der Waals surface area contributed by atoms with E-state index in [1.807, 2.05) is 26.0 Å². The van der Waals surface area contributed by atoms with Crippen molar-refractivity contribution in [3.05, 3.63) is 46.5 Å². The number of anilines is 1. The topological polar surface area (TPSA) is 147 Å². The smallest absolute Gasteiger partial charge is 0.328 e. The van der Waals surface area contributed by atoms with Crippen LogP contribution in [0.4, 0.5) is 5.69 Å². The molecule has 13 heteroatoms. The third kappa shape index (κ3) is 7.72. The van der Waals surface area contributed by atoms with Crippen molar-refractivity contribution in [3.8, 4) is 5.75 Å². The SMILES string of the molecule is COc1cc2cc(c1Cl)N(C)C(=O)CC(OC(=O)[C@H](C)N(C)C(C)=O)C1(C)OC1C(C)C1CC(=O)NC(O)(C1)C(OC)/C=C/C=C(\C)C2. The lowest BCUT2D eigenvalue weighted by Gasteiger charge is -2.42. The Morgan fingerprint density at radius 2 is 1.92 bits per heavy atom. The van der Waals surface area contributed by atoms with E-state index in [-0.39, 0.29) is 47.9 Å². The highest BCUT2D eigenvalue weighted by molar-refractivity contribution is 6.35. The summed E-state index contributed by atoms with van der Waals surface area (Å²) in [6.07, 6.45) is 3.49. The van der Waals surface area contributed by atoms with Crippen LogP contribution < -0.4 is 15.0 Å². The van der Waals surface area contributed by atoms with Crippen LogP contribution in [0.3, 0.4) is 0 Å². The van der Waals surface area contributed by atoms with E-state index in [1.54, 1.807) is 39.1 Å². The number of amides is 3. The summed E-state index contributed by atoms with van der Waals surface area (Å²) in [5, 5.41) is 14.7. The molecule has 1 aromatic carbocycles. The number of hydrogen-bond acceptors (Lipinski definition) is 9. The second-order valence-corrected chi connectivity index (χ2v) is 13.9. The van der Waals surface area contributed by atoms with E-state index in [2.05, 4.69) is 5.32 Å². The Morgan fingerprint density at radius 1 is 1.23 bits per heavy atom. The lowest BCUT2D eigenvalue weighted by molar-refractivity contribution is -0.161. The van der Waals surface area contributed by atoms with Crippen LogP contribution in [0.25, 0.3) is 0 Å². The van der Waals surface area contributed by atoms with Gasteiger partial charge >= 0.3 is 5.97 Å². The minimum atomic E-state index is -1.69. The van der Waals surface area contributed by atoms with Crippen molar-refractivity contribution < 1.29 is 43.2 Å². The molecule has 3 heterocycles. The number of ether oxygens (including phenoxy) is 4. The van der Waals surface area contributed by atoms with Gasteiger partial charge in [0, 0.05) is 41.0 Å². The Bertz CT molecular complexity index is 1500. The van der Waals surface area contributed by atoms with Crippen molar-refractivity contribution >= 4 is 41.0 Å². The van der Waals surface area contributed by atoms with Crippen molar-refractivity contribution in [1.82, 2.24) is 10.2 Å². The summed E-state index contributed by atoms with van der Waals surface area (Å²) in [5.74, 6) is -1.98. The quantitative estimate of drug-likeness (QED) is 0.350. The van der Waals surface area contributed by atoms with Gasteiger partial charge in [-0.3, -0.25) is 14.4 Å². The van der Waals surface area contributed by atoms with Crippen LogP contribution in [0.5, 0.6) is 5.75 Å². The van der Waals surface area contributed by atoms with Crippen LogP contribution >= 0.6 is 11.6 Å². The molecule has 4 bridgehead atoms. The highest BCUT2D eigenvalue weighted by Crippen LogP contribution is 2.50. The molecular formula is C35H48ClN3O9. The summed E-state index contributed by atoms with van der Waals surface area (Å²) in [7, 11) is 6.05. The van der Waals surface area contributed by atoms with Crippen molar-refractivity contribution in [2.24, 2.45) is 11.8 Å². The van der Waals surface area contributed by atoms with Crippen LogP contribution in [0.15, 0.2) is 35.9 Å². The molecule has 1 aromatic rings. The zero-order chi connectivity index (χ0) is 35.7. The third-order valence-electron chi connectivity index (χ3n) is 10.1. The van der Waals surface area contributed by atoms with Crippen molar-refractivity contribution in [2.75, 3.05) is 33.2 Å². The summed E-state index contributed by atoms with van der Waals surface area (Å²) in [6.45, 7) is 8.52. The minimum Gasteiger partial charge on any atom is -0.495 e. The molecule has 3 aliphatic heterocycles. The van der Waals surface area contributed by atoms with E-state index in [1.165, 1.54) is 38.0 Å². The summed E-state index contributed by atoms with van der Waals surface area (Å²) >= 11 is 6.72. The van der Waals surface area contributed by atoms with E-state index >= 15 is 0 Å². The van der Waals surface area contributed by atoms with Crippen LogP contribution in [0, 0.1) is 11.8 Å². The molecule has 0 spiro atoms. The molecular weight excluding hydrogens is 642 g/mol. The summed E-state index contributed by atoms with van der Waals surface area (Å²) in [6, 6.07) is 2.69. The molecule has 0 saturated carbocycles. The van der Waals surface area contributed by atoms with Crippen molar-refractivity contribution in [2.45, 2.75) is 96.0 Å². The van der Waals surface area contributed by atoms with E-state index in [9.17, 15) is 24.3 Å². The molecule has 2 N–H and O–H groups in total. The minimum absolute atomic E-state index is 0.140. The molecule has 2 saturated heterocycles. The number of piperidine rings is 1. The average molecular weight is 690 g/mol. The first-order chi connectivity index (χ1) is 22.4. The number of allylic oxidation sites excluding steroid dienone is 3. The Labute approximate surface area is 287 Å². The fourth-order valence-electron chi connectivity index (χ4n) is 6.72. The number of halogens is 1. The van der Waals surface area contributed by atoms with E-state index in [4.69, 9.17) is 30.5 Å². The molecule has 0 aliphatic carbocycles. The number of rotatable bonds is 5. The average Bonchev–Trinajstić information content (AvgIpc) is 3.73. The predicted molar refractivity (Wildman–Crippen MR) is 179 cm³/mol. The lowest BCUT2D eigenvalue weighted by Crippen LogP contribution is -2.61. The normalized spacial score (nSPS) is 33.4. The summed E-state index contributed by atoms with van der Waals surface area (Å²) in [5.41, 5.74) is -0.605. The maximum atomic E-state index is 14.0. The number of likely N-dealkylation sites (N-methyl/N-ethyl adjacent to an activating group) is 1. The molecule has 3 aliphatic rings. The number of benzene rings is 1. The summed E-state index contributed by atoms with van der Waals surface area (Å²) < 4.78 is 23.5. The summed E-state index contributed by atoms with van der Waals surface area (Å²) in [4.78, 5) is 55.0. The monoisotopic (exact) mass is 689 g/mol. The van der Waals surface area contributed by atoms with Gasteiger partial charge in [0.1, 0.15) is 34.6 Å². The van der Waals surface area contributed by atoms with Gasteiger partial charge in [0.15, 0.2) is 5.72 Å². The molecule has 12 nitrogen and oxygen atoms in total. The molecule has 264 valence electrons. The van der Waals surface area contributed by atoms with Gasteiger partial charge in [0.2, 0.25) is 17.7 Å². The molecule has 4 rings (SSSR count). The number of fused-ring (bicyclic) bond motifs is 5. The molecule has 48 heavy (non-hydrogen) atoms. The number of esters is 1. The first kappa shape index (κ1) is 37.4. The number of methoxy groups -OCH3 is 2. The van der Waals surface area contributed by atoms with Gasteiger partial charge in [-0.25, -0.2) is 4.79 Å². The predicted octanol–water partition coefficient (Wildman–Crippen LogP) is 3.56. The number of carbonyl (C=O) groups is 4. The maximum Gasteiger partial charge on any atom is 0.328 e. The van der Waals surface area contributed by atoms with E-state index in [0.717, 1.165) is 11.1 Å².